The highest BCUT2D eigenvalue weighted by molar-refractivity contribution is 8.00. The molecule has 4 saturated carbocycles. The Morgan fingerprint density at radius 3 is 2.63 bits per heavy atom. The molecule has 1 N–H and O–H groups in total. The van der Waals surface area contributed by atoms with Gasteiger partial charge in [0.25, 0.3) is 0 Å². The standard InChI is InChI=1S/C24H40O2S/c1-16(7-12-22(25)26)19-10-11-20-18-9-8-17-6-4-5-14-24(17,27-3)21(18)13-15-23(19,20)2/h16-21H,4-15H2,1-3H3,(H,25,26). The Morgan fingerprint density at radius 2 is 1.89 bits per heavy atom. The van der Waals surface area contributed by atoms with Gasteiger partial charge in [0.15, 0.2) is 0 Å². The van der Waals surface area contributed by atoms with Crippen LogP contribution in [0.4, 0.5) is 0 Å². The molecule has 0 saturated heterocycles. The Morgan fingerprint density at radius 1 is 1.07 bits per heavy atom. The summed E-state index contributed by atoms with van der Waals surface area (Å²) in [5, 5.41) is 9.12. The maximum Gasteiger partial charge on any atom is 0.303 e. The molecule has 0 amide bonds. The maximum atomic E-state index is 11.1. The third kappa shape index (κ3) is 3.19. The maximum absolute atomic E-state index is 11.1. The zero-order valence-electron chi connectivity index (χ0n) is 17.7. The average molecular weight is 393 g/mol. The summed E-state index contributed by atoms with van der Waals surface area (Å²) in [5.41, 5.74) is 0.472. The van der Waals surface area contributed by atoms with Crippen LogP contribution in [0.15, 0.2) is 0 Å². The highest BCUT2D eigenvalue weighted by atomic mass is 32.2. The highest BCUT2D eigenvalue weighted by Gasteiger charge is 2.61. The van der Waals surface area contributed by atoms with E-state index in [9.17, 15) is 4.79 Å². The third-order valence-corrected chi connectivity index (χ3v) is 11.5. The van der Waals surface area contributed by atoms with E-state index in [0.29, 0.717) is 22.5 Å². The summed E-state index contributed by atoms with van der Waals surface area (Å²) in [4.78, 5) is 11.1. The predicted molar refractivity (Wildman–Crippen MR) is 114 cm³/mol. The number of hydrogen-bond donors (Lipinski definition) is 1. The SMILES string of the molecule is CSC12CCCCC1CCC1C3CCC(C(C)CCC(=O)O)C3(C)CCC12. The fourth-order valence-electron chi connectivity index (χ4n) is 8.76. The summed E-state index contributed by atoms with van der Waals surface area (Å²) in [7, 11) is 0. The first-order valence-electron chi connectivity index (χ1n) is 11.7. The van der Waals surface area contributed by atoms with Gasteiger partial charge >= 0.3 is 5.97 Å². The first-order valence-corrected chi connectivity index (χ1v) is 12.9. The topological polar surface area (TPSA) is 37.3 Å². The van der Waals surface area contributed by atoms with Gasteiger partial charge in [-0.3, -0.25) is 4.79 Å². The van der Waals surface area contributed by atoms with Gasteiger partial charge in [0.1, 0.15) is 0 Å². The summed E-state index contributed by atoms with van der Waals surface area (Å²) in [5.74, 6) is 4.48. The third-order valence-electron chi connectivity index (χ3n) is 9.93. The van der Waals surface area contributed by atoms with Crippen molar-refractivity contribution >= 4 is 17.7 Å². The molecule has 0 aromatic rings. The van der Waals surface area contributed by atoms with Crippen molar-refractivity contribution in [1.29, 1.82) is 0 Å². The smallest absolute Gasteiger partial charge is 0.303 e. The summed E-state index contributed by atoms with van der Waals surface area (Å²) >= 11 is 2.25. The second-order valence-electron chi connectivity index (χ2n) is 10.7. The molecule has 4 fully saturated rings. The molecule has 0 aromatic carbocycles. The summed E-state index contributed by atoms with van der Waals surface area (Å²) in [6.45, 7) is 4.94. The van der Waals surface area contributed by atoms with Gasteiger partial charge in [-0.2, -0.15) is 11.8 Å². The minimum atomic E-state index is -0.622. The molecular formula is C24H40O2S. The molecule has 0 radical (unpaired) electrons. The fraction of sp³-hybridized carbons (Fsp3) is 0.958. The van der Waals surface area contributed by atoms with Crippen LogP contribution >= 0.6 is 11.8 Å². The van der Waals surface area contributed by atoms with E-state index in [0.717, 1.165) is 36.0 Å². The van der Waals surface area contributed by atoms with E-state index < -0.39 is 5.97 Å². The van der Waals surface area contributed by atoms with E-state index in [1.807, 2.05) is 0 Å². The number of carboxylic acids is 1. The number of carboxylic acid groups (broad SMARTS) is 1. The molecule has 0 aromatic heterocycles. The molecule has 154 valence electrons. The van der Waals surface area contributed by atoms with Gasteiger partial charge in [0, 0.05) is 11.2 Å². The van der Waals surface area contributed by atoms with Crippen LogP contribution in [0.1, 0.15) is 90.9 Å². The number of aliphatic carboxylic acids is 1. The second kappa shape index (κ2) is 7.58. The number of thioether (sulfide) groups is 1. The van der Waals surface area contributed by atoms with Crippen molar-refractivity contribution in [1.82, 2.24) is 0 Å². The van der Waals surface area contributed by atoms with Gasteiger partial charge in [-0.1, -0.05) is 26.7 Å². The summed E-state index contributed by atoms with van der Waals surface area (Å²) in [6, 6.07) is 0. The zero-order valence-corrected chi connectivity index (χ0v) is 18.5. The molecule has 0 heterocycles. The molecule has 2 nitrogen and oxygen atoms in total. The largest absolute Gasteiger partial charge is 0.481 e. The molecule has 3 heteroatoms. The minimum absolute atomic E-state index is 0.349. The van der Waals surface area contributed by atoms with Crippen LogP contribution in [0.25, 0.3) is 0 Å². The van der Waals surface area contributed by atoms with Gasteiger partial charge in [-0.15, -0.1) is 0 Å². The van der Waals surface area contributed by atoms with Crippen LogP contribution in [0, 0.1) is 40.9 Å². The molecule has 27 heavy (non-hydrogen) atoms. The van der Waals surface area contributed by atoms with Crippen LogP contribution in [0.3, 0.4) is 0 Å². The fourth-order valence-corrected chi connectivity index (χ4v) is 10.3. The normalized spacial score (nSPS) is 47.6. The lowest BCUT2D eigenvalue weighted by molar-refractivity contribution is -0.137. The highest BCUT2D eigenvalue weighted by Crippen LogP contribution is 2.68. The van der Waals surface area contributed by atoms with Gasteiger partial charge in [0.05, 0.1) is 0 Å². The van der Waals surface area contributed by atoms with Crippen molar-refractivity contribution in [3.8, 4) is 0 Å². The van der Waals surface area contributed by atoms with Crippen LogP contribution in [-0.2, 0) is 4.79 Å². The molecular weight excluding hydrogens is 352 g/mol. The predicted octanol–water partition coefficient (Wildman–Crippen LogP) is 6.63. The van der Waals surface area contributed by atoms with E-state index >= 15 is 0 Å². The number of hydrogen-bond acceptors (Lipinski definition) is 2. The zero-order chi connectivity index (χ0) is 19.2. The Balaban J connectivity index is 1.54. The molecule has 4 rings (SSSR count). The molecule has 8 atom stereocenters. The van der Waals surface area contributed by atoms with E-state index in [1.165, 1.54) is 64.2 Å². The summed E-state index contributed by atoms with van der Waals surface area (Å²) < 4.78 is 0.593. The minimum Gasteiger partial charge on any atom is -0.481 e. The van der Waals surface area contributed by atoms with E-state index in [-0.39, 0.29) is 0 Å². The number of rotatable bonds is 5. The Hall–Kier alpha value is -0.180. The monoisotopic (exact) mass is 392 g/mol. The molecule has 0 aliphatic heterocycles. The Kier molecular flexibility index (Phi) is 5.64. The van der Waals surface area contributed by atoms with Crippen LogP contribution < -0.4 is 0 Å². The van der Waals surface area contributed by atoms with Crippen molar-refractivity contribution in [3.05, 3.63) is 0 Å². The van der Waals surface area contributed by atoms with Crippen LogP contribution in [-0.4, -0.2) is 22.1 Å². The Labute approximate surface area is 170 Å². The second-order valence-corrected chi connectivity index (χ2v) is 11.9. The van der Waals surface area contributed by atoms with Gasteiger partial charge < -0.3 is 5.11 Å². The van der Waals surface area contributed by atoms with Crippen LogP contribution in [0.2, 0.25) is 0 Å². The molecule has 8 unspecified atom stereocenters. The van der Waals surface area contributed by atoms with E-state index in [4.69, 9.17) is 5.11 Å². The Bertz CT molecular complexity index is 563. The van der Waals surface area contributed by atoms with E-state index in [2.05, 4.69) is 31.9 Å². The summed E-state index contributed by atoms with van der Waals surface area (Å²) in [6.07, 6.45) is 18.1. The first-order chi connectivity index (χ1) is 12.9. The van der Waals surface area contributed by atoms with Gasteiger partial charge in [-0.25, -0.2) is 0 Å². The van der Waals surface area contributed by atoms with Crippen molar-refractivity contribution < 1.29 is 9.90 Å². The van der Waals surface area contributed by atoms with Gasteiger partial charge in [-0.05, 0) is 105 Å². The van der Waals surface area contributed by atoms with Crippen molar-refractivity contribution in [2.24, 2.45) is 40.9 Å². The van der Waals surface area contributed by atoms with Crippen LogP contribution in [0.5, 0.6) is 0 Å². The van der Waals surface area contributed by atoms with Crippen molar-refractivity contribution in [3.63, 3.8) is 0 Å². The average Bonchev–Trinajstić information content (AvgIpc) is 3.03. The lowest BCUT2D eigenvalue weighted by Crippen LogP contribution is -2.56. The molecule has 0 spiro atoms. The lowest BCUT2D eigenvalue weighted by atomic mass is 9.49. The number of fused-ring (bicyclic) bond motifs is 5. The first kappa shape index (κ1) is 20.1. The van der Waals surface area contributed by atoms with Gasteiger partial charge in [0.2, 0.25) is 0 Å². The quantitative estimate of drug-likeness (QED) is 0.570. The lowest BCUT2D eigenvalue weighted by Gasteiger charge is -2.61. The molecule has 4 aliphatic rings. The molecule has 0 bridgehead atoms. The van der Waals surface area contributed by atoms with E-state index in [1.54, 1.807) is 0 Å². The van der Waals surface area contributed by atoms with Crippen molar-refractivity contribution in [2.45, 2.75) is 95.6 Å². The number of carbonyl (C=O) groups is 1. The molecule has 4 aliphatic carbocycles. The van der Waals surface area contributed by atoms with Crippen molar-refractivity contribution in [2.75, 3.05) is 6.26 Å².